The van der Waals surface area contributed by atoms with Crippen LogP contribution in [0.3, 0.4) is 0 Å². The molecule has 0 amide bonds. The maximum Gasteiger partial charge on any atom is 0.333 e. The van der Waals surface area contributed by atoms with Gasteiger partial charge in [-0.1, -0.05) is 37.3 Å². The lowest BCUT2D eigenvalue weighted by molar-refractivity contribution is -0.150. The molecule has 11 heteroatoms. The molecule has 0 saturated heterocycles. The smallest absolute Gasteiger partial charge is 0.333 e. The molecular weight excluding hydrogens is 488 g/mol. The number of carboxylic acids is 1. The Morgan fingerprint density at radius 1 is 1.08 bits per heavy atom. The van der Waals surface area contributed by atoms with Crippen molar-refractivity contribution in [3.8, 4) is 0 Å². The van der Waals surface area contributed by atoms with Crippen LogP contribution in [0.5, 0.6) is 0 Å². The fraction of sp³-hybridized carbons (Fsp3) is 0.400. The quantitative estimate of drug-likeness (QED) is 0.407. The highest BCUT2D eigenvalue weighted by Crippen LogP contribution is 2.28. The van der Waals surface area contributed by atoms with Crippen molar-refractivity contribution in [3.05, 3.63) is 67.7 Å². The monoisotopic (exact) mass is 516 g/mol. The third-order valence-electron chi connectivity index (χ3n) is 5.65. The van der Waals surface area contributed by atoms with Gasteiger partial charge < -0.3 is 14.6 Å². The first-order valence-corrected chi connectivity index (χ1v) is 12.2. The summed E-state index contributed by atoms with van der Waals surface area (Å²) in [5.41, 5.74) is -2.69. The Hall–Kier alpha value is -3.73. The maximum absolute atomic E-state index is 13.6. The molecule has 0 aliphatic rings. The van der Waals surface area contributed by atoms with Gasteiger partial charge in [0, 0.05) is 11.3 Å². The van der Waals surface area contributed by atoms with Crippen LogP contribution in [0.1, 0.15) is 50.7 Å². The van der Waals surface area contributed by atoms with Crippen LogP contribution >= 0.6 is 11.3 Å². The van der Waals surface area contributed by atoms with Crippen molar-refractivity contribution in [2.45, 2.75) is 58.7 Å². The van der Waals surface area contributed by atoms with Crippen molar-refractivity contribution in [2.75, 3.05) is 6.61 Å². The number of carbonyl (C=O) groups is 3. The highest BCUT2D eigenvalue weighted by atomic mass is 32.1. The van der Waals surface area contributed by atoms with E-state index in [-0.39, 0.29) is 36.2 Å². The molecule has 0 unspecified atom stereocenters. The van der Waals surface area contributed by atoms with Gasteiger partial charge in [0.05, 0.1) is 25.0 Å². The molecule has 1 atom stereocenters. The molecule has 0 saturated carbocycles. The minimum absolute atomic E-state index is 0.0850. The number of benzene rings is 1. The molecule has 192 valence electrons. The van der Waals surface area contributed by atoms with Crippen LogP contribution in [0.2, 0.25) is 0 Å². The van der Waals surface area contributed by atoms with Crippen molar-refractivity contribution in [1.82, 2.24) is 9.13 Å². The number of ether oxygens (including phenoxy) is 2. The normalized spacial score (nSPS) is 12.3. The number of thiophene rings is 1. The molecule has 3 rings (SSSR count). The lowest BCUT2D eigenvalue weighted by Crippen LogP contribution is -2.49. The lowest BCUT2D eigenvalue weighted by atomic mass is 10.1. The van der Waals surface area contributed by atoms with Crippen LogP contribution < -0.4 is 11.2 Å². The zero-order valence-corrected chi connectivity index (χ0v) is 21.3. The van der Waals surface area contributed by atoms with Gasteiger partial charge >= 0.3 is 23.6 Å². The largest absolute Gasteiger partial charge is 0.480 e. The van der Waals surface area contributed by atoms with E-state index in [0.717, 1.165) is 20.5 Å². The van der Waals surface area contributed by atoms with E-state index in [1.165, 1.54) is 19.9 Å². The van der Waals surface area contributed by atoms with E-state index in [2.05, 4.69) is 0 Å². The number of hydrogen-bond acceptors (Lipinski definition) is 8. The van der Waals surface area contributed by atoms with Crippen molar-refractivity contribution < 1.29 is 29.0 Å². The van der Waals surface area contributed by atoms with Crippen LogP contribution in [-0.4, -0.2) is 38.8 Å². The fourth-order valence-corrected chi connectivity index (χ4v) is 4.94. The topological polar surface area (TPSA) is 134 Å². The van der Waals surface area contributed by atoms with E-state index in [4.69, 9.17) is 9.47 Å². The highest BCUT2D eigenvalue weighted by molar-refractivity contribution is 7.18. The molecule has 0 fully saturated rings. The Kier molecular flexibility index (Phi) is 8.13. The molecule has 0 spiro atoms. The molecular formula is C25H28N2O8S. The fourth-order valence-electron chi connectivity index (χ4n) is 3.67. The Morgan fingerprint density at radius 2 is 1.75 bits per heavy atom. The average Bonchev–Trinajstić information content (AvgIpc) is 3.24. The van der Waals surface area contributed by atoms with Gasteiger partial charge in [-0.05, 0) is 32.4 Å². The summed E-state index contributed by atoms with van der Waals surface area (Å²) in [6, 6.07) is 10.1. The van der Waals surface area contributed by atoms with Gasteiger partial charge in [-0.3, -0.25) is 23.5 Å². The van der Waals surface area contributed by atoms with Gasteiger partial charge in [0.1, 0.15) is 16.5 Å². The first-order valence-electron chi connectivity index (χ1n) is 11.4. The second-order valence-electron chi connectivity index (χ2n) is 8.55. The molecule has 2 aromatic heterocycles. The Labute approximate surface area is 210 Å². The minimum atomic E-state index is -1.72. The summed E-state index contributed by atoms with van der Waals surface area (Å²) in [6.45, 7) is 5.86. The number of esters is 2. The van der Waals surface area contributed by atoms with Crippen LogP contribution in [0.15, 0.2) is 46.0 Å². The van der Waals surface area contributed by atoms with Gasteiger partial charge in [0.2, 0.25) is 0 Å². The molecule has 1 N–H and O–H groups in total. The van der Waals surface area contributed by atoms with Gasteiger partial charge in [-0.2, -0.15) is 0 Å². The molecule has 36 heavy (non-hydrogen) atoms. The van der Waals surface area contributed by atoms with E-state index in [9.17, 15) is 29.1 Å². The SMILES string of the molecule is CCOC(=O)Cc1cc2c(=O)n(C[C@@H](OC(=O)CC)c3ccccc3)c(=O)n(C(C)(C)C(=O)O)c2s1. The summed E-state index contributed by atoms with van der Waals surface area (Å²) in [5, 5.41) is 9.97. The number of nitrogens with zero attached hydrogens (tertiary/aromatic N) is 2. The van der Waals surface area contributed by atoms with Gasteiger partial charge in [-0.25, -0.2) is 9.59 Å². The molecule has 0 bridgehead atoms. The third kappa shape index (κ3) is 5.40. The van der Waals surface area contributed by atoms with Crippen LogP contribution in [0.4, 0.5) is 0 Å². The molecule has 3 aromatic rings. The van der Waals surface area contributed by atoms with Crippen molar-refractivity contribution in [2.24, 2.45) is 0 Å². The van der Waals surface area contributed by atoms with E-state index >= 15 is 0 Å². The number of carbonyl (C=O) groups excluding carboxylic acids is 2. The summed E-state index contributed by atoms with van der Waals surface area (Å²) in [7, 11) is 0. The van der Waals surface area contributed by atoms with Crippen molar-refractivity contribution in [3.63, 3.8) is 0 Å². The standard InChI is InChI=1S/C25H28N2O8S/c1-5-19(28)35-18(15-10-8-7-9-11-15)14-26-21(30)17-12-16(13-20(29)34-6-2)36-22(17)27(24(26)33)25(3,4)23(31)32/h7-12,18H,5-6,13-14H2,1-4H3,(H,31,32)/t18-/m1/s1. The molecule has 0 radical (unpaired) electrons. The first kappa shape index (κ1) is 26.9. The lowest BCUT2D eigenvalue weighted by Gasteiger charge is -2.25. The number of aromatic nitrogens is 2. The molecule has 10 nitrogen and oxygen atoms in total. The predicted octanol–water partition coefficient (Wildman–Crippen LogP) is 2.84. The maximum atomic E-state index is 13.6. The van der Waals surface area contributed by atoms with Gasteiger partial charge in [0.15, 0.2) is 0 Å². The van der Waals surface area contributed by atoms with Crippen molar-refractivity contribution >= 4 is 39.5 Å². The predicted molar refractivity (Wildman–Crippen MR) is 133 cm³/mol. The van der Waals surface area contributed by atoms with E-state index in [1.54, 1.807) is 44.2 Å². The summed E-state index contributed by atoms with van der Waals surface area (Å²) in [6.07, 6.45) is -0.995. The van der Waals surface area contributed by atoms with E-state index in [1.807, 2.05) is 0 Å². The second kappa shape index (κ2) is 10.9. The average molecular weight is 517 g/mol. The first-order chi connectivity index (χ1) is 17.0. The zero-order valence-electron chi connectivity index (χ0n) is 20.5. The number of carboxylic acid groups (broad SMARTS) is 1. The molecule has 0 aliphatic heterocycles. The van der Waals surface area contributed by atoms with E-state index in [0.29, 0.717) is 10.4 Å². The zero-order chi connectivity index (χ0) is 26.6. The van der Waals surface area contributed by atoms with E-state index < -0.39 is 40.8 Å². The van der Waals surface area contributed by atoms with Crippen LogP contribution in [0, 0.1) is 0 Å². The number of fused-ring (bicyclic) bond motifs is 1. The molecule has 0 aliphatic carbocycles. The molecule has 2 heterocycles. The number of aliphatic carboxylic acids is 1. The summed E-state index contributed by atoms with van der Waals surface area (Å²) in [4.78, 5) is 64.0. The Balaban J connectivity index is 2.25. The Morgan fingerprint density at radius 3 is 2.33 bits per heavy atom. The van der Waals surface area contributed by atoms with Crippen molar-refractivity contribution in [1.29, 1.82) is 0 Å². The van der Waals surface area contributed by atoms with Crippen LogP contribution in [0.25, 0.3) is 10.2 Å². The van der Waals surface area contributed by atoms with Gasteiger partial charge in [-0.15, -0.1) is 11.3 Å². The highest BCUT2D eigenvalue weighted by Gasteiger charge is 2.35. The second-order valence-corrected chi connectivity index (χ2v) is 9.67. The third-order valence-corrected chi connectivity index (χ3v) is 6.77. The number of rotatable bonds is 10. The number of hydrogen-bond donors (Lipinski definition) is 1. The summed E-state index contributed by atoms with van der Waals surface area (Å²) < 4.78 is 12.4. The minimum Gasteiger partial charge on any atom is -0.480 e. The Bertz CT molecular complexity index is 1400. The molecule has 1 aromatic carbocycles. The van der Waals surface area contributed by atoms with Crippen LogP contribution in [-0.2, 0) is 42.4 Å². The summed E-state index contributed by atoms with van der Waals surface area (Å²) >= 11 is 0.989. The summed E-state index contributed by atoms with van der Waals surface area (Å²) in [5.74, 6) is -2.31. The van der Waals surface area contributed by atoms with Gasteiger partial charge in [0.25, 0.3) is 5.56 Å².